The summed E-state index contributed by atoms with van der Waals surface area (Å²) in [5, 5.41) is 6.18. The monoisotopic (exact) mass is 289 g/mol. The fourth-order valence-corrected chi connectivity index (χ4v) is 1.80. The Balaban J connectivity index is 1.95. The van der Waals surface area contributed by atoms with Crippen LogP contribution in [-0.2, 0) is 20.9 Å². The van der Waals surface area contributed by atoms with Crippen molar-refractivity contribution >= 4 is 23.5 Å². The maximum atomic E-state index is 11.8. The number of hydrazone groups is 1. The maximum Gasteiger partial charge on any atom is 0.354 e. The number of benzene rings is 1. The molecule has 0 bridgehead atoms. The third-order valence-electron chi connectivity index (χ3n) is 2.93. The second-order valence-corrected chi connectivity index (χ2v) is 4.45. The van der Waals surface area contributed by atoms with E-state index >= 15 is 0 Å². The Morgan fingerprint density at radius 2 is 2.19 bits per heavy atom. The van der Waals surface area contributed by atoms with Gasteiger partial charge in [0.05, 0.1) is 0 Å². The lowest BCUT2D eigenvalue weighted by Gasteiger charge is -2.11. The van der Waals surface area contributed by atoms with Gasteiger partial charge >= 0.3 is 5.97 Å². The summed E-state index contributed by atoms with van der Waals surface area (Å²) in [4.78, 5) is 34.2. The molecule has 0 spiro atoms. The quantitative estimate of drug-likeness (QED) is 0.782. The van der Waals surface area contributed by atoms with Crippen LogP contribution in [0, 0.1) is 0 Å². The molecule has 7 nitrogen and oxygen atoms in total. The molecule has 1 aliphatic rings. The number of nitrogens with one attached hydrogen (secondary N) is 2. The van der Waals surface area contributed by atoms with E-state index < -0.39 is 5.97 Å². The number of ether oxygens (including phenoxy) is 1. The molecule has 1 heterocycles. The van der Waals surface area contributed by atoms with Crippen molar-refractivity contribution < 1.29 is 19.1 Å². The van der Waals surface area contributed by atoms with E-state index in [0.29, 0.717) is 11.1 Å². The molecule has 2 amide bonds. The minimum absolute atomic E-state index is 0.0383. The van der Waals surface area contributed by atoms with E-state index in [-0.39, 0.29) is 37.0 Å². The fraction of sp³-hybridized carbons (Fsp3) is 0.286. The second kappa shape index (κ2) is 6.65. The molecule has 7 heteroatoms. The van der Waals surface area contributed by atoms with E-state index in [0.717, 1.165) is 0 Å². The number of rotatable bonds is 4. The van der Waals surface area contributed by atoms with Crippen LogP contribution in [-0.4, -0.2) is 30.5 Å². The van der Waals surface area contributed by atoms with Crippen molar-refractivity contribution in [3.05, 3.63) is 35.4 Å². The van der Waals surface area contributed by atoms with Gasteiger partial charge in [0, 0.05) is 25.5 Å². The minimum atomic E-state index is -0.569. The van der Waals surface area contributed by atoms with Gasteiger partial charge in [-0.2, -0.15) is 5.10 Å². The highest BCUT2D eigenvalue weighted by Crippen LogP contribution is 2.08. The molecule has 0 saturated heterocycles. The predicted molar refractivity (Wildman–Crippen MR) is 74.4 cm³/mol. The summed E-state index contributed by atoms with van der Waals surface area (Å²) in [7, 11) is 1.55. The van der Waals surface area contributed by atoms with Crippen LogP contribution >= 0.6 is 0 Å². The Morgan fingerprint density at radius 3 is 2.86 bits per heavy atom. The summed E-state index contributed by atoms with van der Waals surface area (Å²) < 4.78 is 5.12. The Morgan fingerprint density at radius 1 is 1.38 bits per heavy atom. The van der Waals surface area contributed by atoms with Gasteiger partial charge in [-0.15, -0.1) is 0 Å². The van der Waals surface area contributed by atoms with Gasteiger partial charge in [0.25, 0.3) is 5.91 Å². The zero-order valence-electron chi connectivity index (χ0n) is 11.5. The normalized spacial score (nSPS) is 14.0. The molecule has 1 aromatic rings. The van der Waals surface area contributed by atoms with Crippen molar-refractivity contribution in [1.29, 1.82) is 0 Å². The third kappa shape index (κ3) is 3.88. The molecular formula is C14H15N3O4. The summed E-state index contributed by atoms with van der Waals surface area (Å²) in [5.41, 5.74) is 3.62. The van der Waals surface area contributed by atoms with Crippen LogP contribution in [0.3, 0.4) is 0 Å². The molecule has 2 rings (SSSR count). The van der Waals surface area contributed by atoms with Gasteiger partial charge in [-0.3, -0.25) is 9.59 Å². The fourth-order valence-electron chi connectivity index (χ4n) is 1.80. The minimum Gasteiger partial charge on any atom is -0.456 e. The van der Waals surface area contributed by atoms with Gasteiger partial charge in [-0.1, -0.05) is 12.1 Å². The predicted octanol–water partition coefficient (Wildman–Crippen LogP) is 0.355. The Kier molecular flexibility index (Phi) is 4.65. The van der Waals surface area contributed by atoms with E-state index in [2.05, 4.69) is 15.8 Å². The van der Waals surface area contributed by atoms with Crippen molar-refractivity contribution in [3.63, 3.8) is 0 Å². The van der Waals surface area contributed by atoms with Crippen LogP contribution in [0.15, 0.2) is 29.4 Å². The maximum absolute atomic E-state index is 11.8. The first-order valence-electron chi connectivity index (χ1n) is 6.43. The number of amides is 2. The van der Waals surface area contributed by atoms with Gasteiger partial charge in [-0.05, 0) is 17.7 Å². The van der Waals surface area contributed by atoms with Crippen molar-refractivity contribution in [1.82, 2.24) is 10.7 Å². The van der Waals surface area contributed by atoms with Crippen LogP contribution in [0.5, 0.6) is 0 Å². The van der Waals surface area contributed by atoms with Crippen LogP contribution in [0.25, 0.3) is 0 Å². The summed E-state index contributed by atoms with van der Waals surface area (Å²) in [6.07, 6.45) is 0.489. The Hall–Kier alpha value is -2.70. The van der Waals surface area contributed by atoms with Crippen LogP contribution < -0.4 is 10.7 Å². The van der Waals surface area contributed by atoms with Gasteiger partial charge in [-0.25, -0.2) is 10.2 Å². The van der Waals surface area contributed by atoms with Crippen molar-refractivity contribution in [2.24, 2.45) is 5.10 Å². The third-order valence-corrected chi connectivity index (χ3v) is 2.93. The van der Waals surface area contributed by atoms with Crippen molar-refractivity contribution in [3.8, 4) is 0 Å². The van der Waals surface area contributed by atoms with Gasteiger partial charge < -0.3 is 10.1 Å². The van der Waals surface area contributed by atoms with E-state index in [1.807, 2.05) is 0 Å². The lowest BCUT2D eigenvalue weighted by atomic mass is 10.1. The van der Waals surface area contributed by atoms with Crippen LogP contribution in [0.2, 0.25) is 0 Å². The summed E-state index contributed by atoms with van der Waals surface area (Å²) in [5.74, 6) is -0.993. The second-order valence-electron chi connectivity index (χ2n) is 4.45. The first-order valence-corrected chi connectivity index (χ1v) is 6.43. The standard InChI is InChI=1S/C14H15N3O4/c1-15-13(19)10-4-2-3-9(7-10)8-21-14(20)11-5-6-12(18)17-16-11/h2-4,7H,5-6,8H2,1H3,(H,15,19)(H,17,18). The molecule has 2 N–H and O–H groups in total. The molecule has 1 aromatic carbocycles. The summed E-state index contributed by atoms with van der Waals surface area (Å²) in [6.45, 7) is 0.0383. The number of carbonyl (C=O) groups is 3. The number of carbonyl (C=O) groups excluding carboxylic acids is 3. The first-order chi connectivity index (χ1) is 10.1. The van der Waals surface area contributed by atoms with Gasteiger partial charge in [0.2, 0.25) is 5.91 Å². The molecule has 110 valence electrons. The molecule has 0 fully saturated rings. The van der Waals surface area contributed by atoms with Crippen LogP contribution in [0.4, 0.5) is 0 Å². The Labute approximate surface area is 121 Å². The number of hydrogen-bond acceptors (Lipinski definition) is 5. The van der Waals surface area contributed by atoms with Crippen molar-refractivity contribution in [2.45, 2.75) is 19.4 Å². The van der Waals surface area contributed by atoms with E-state index in [1.54, 1.807) is 31.3 Å². The lowest BCUT2D eigenvalue weighted by molar-refractivity contribution is -0.137. The topological polar surface area (TPSA) is 96.9 Å². The smallest absolute Gasteiger partial charge is 0.354 e. The molecule has 0 saturated carbocycles. The largest absolute Gasteiger partial charge is 0.456 e. The molecule has 0 aromatic heterocycles. The number of hydrogen-bond donors (Lipinski definition) is 2. The summed E-state index contributed by atoms with van der Waals surface area (Å²) in [6, 6.07) is 6.79. The molecule has 0 unspecified atom stereocenters. The average Bonchev–Trinajstić information content (AvgIpc) is 2.52. The van der Waals surface area contributed by atoms with E-state index in [9.17, 15) is 14.4 Å². The SMILES string of the molecule is CNC(=O)c1cccc(COC(=O)C2=NNC(=O)CC2)c1. The van der Waals surface area contributed by atoms with Crippen molar-refractivity contribution in [2.75, 3.05) is 7.05 Å². The highest BCUT2D eigenvalue weighted by Gasteiger charge is 2.19. The molecule has 21 heavy (non-hydrogen) atoms. The zero-order valence-corrected chi connectivity index (χ0v) is 11.5. The lowest BCUT2D eigenvalue weighted by Crippen LogP contribution is -2.30. The van der Waals surface area contributed by atoms with Gasteiger partial charge in [0.15, 0.2) is 0 Å². The number of nitrogens with zero attached hydrogens (tertiary/aromatic N) is 1. The van der Waals surface area contributed by atoms with Gasteiger partial charge in [0.1, 0.15) is 12.3 Å². The molecule has 1 aliphatic heterocycles. The first kappa shape index (κ1) is 14.7. The molecule has 0 radical (unpaired) electrons. The van der Waals surface area contributed by atoms with E-state index in [1.165, 1.54) is 0 Å². The Bertz CT molecular complexity index is 610. The molecule has 0 aliphatic carbocycles. The molecular weight excluding hydrogens is 274 g/mol. The van der Waals surface area contributed by atoms with E-state index in [4.69, 9.17) is 4.74 Å². The molecule has 0 atom stereocenters. The van der Waals surface area contributed by atoms with Crippen LogP contribution in [0.1, 0.15) is 28.8 Å². The average molecular weight is 289 g/mol. The number of esters is 1. The highest BCUT2D eigenvalue weighted by atomic mass is 16.5. The summed E-state index contributed by atoms with van der Waals surface area (Å²) >= 11 is 0. The zero-order chi connectivity index (χ0) is 15.2. The highest BCUT2D eigenvalue weighted by molar-refractivity contribution is 6.37.